The average molecular weight is 218 g/mol. The topological polar surface area (TPSA) is 56.0 Å². The van der Waals surface area contributed by atoms with Crippen LogP contribution in [0, 0.1) is 17.2 Å². The Labute approximate surface area is 96.7 Å². The quantitative estimate of drug-likeness (QED) is 0.815. The maximum atomic E-state index is 10.1. The van der Waals surface area contributed by atoms with Crippen molar-refractivity contribution in [3.63, 3.8) is 0 Å². The number of aliphatic hydroxyl groups is 1. The summed E-state index contributed by atoms with van der Waals surface area (Å²) in [7, 11) is 0. The van der Waals surface area contributed by atoms with E-state index in [1.807, 2.05) is 26.0 Å². The van der Waals surface area contributed by atoms with E-state index in [1.165, 1.54) is 0 Å². The SMILES string of the molecule is CC(C)C(C)(O)CNc1cccc(C#N)c1. The summed E-state index contributed by atoms with van der Waals surface area (Å²) in [4.78, 5) is 0. The monoisotopic (exact) mass is 218 g/mol. The predicted octanol–water partition coefficient (Wildman–Crippen LogP) is 2.38. The van der Waals surface area contributed by atoms with Crippen LogP contribution in [-0.4, -0.2) is 17.3 Å². The molecule has 0 heterocycles. The van der Waals surface area contributed by atoms with Gasteiger partial charge in [0.15, 0.2) is 0 Å². The smallest absolute Gasteiger partial charge is 0.0992 e. The second-order valence-electron chi connectivity index (χ2n) is 4.56. The van der Waals surface area contributed by atoms with Crippen molar-refractivity contribution in [3.8, 4) is 6.07 Å². The largest absolute Gasteiger partial charge is 0.388 e. The van der Waals surface area contributed by atoms with E-state index >= 15 is 0 Å². The number of hydrogen-bond acceptors (Lipinski definition) is 3. The molecule has 3 heteroatoms. The molecule has 1 atom stereocenters. The van der Waals surface area contributed by atoms with Crippen LogP contribution in [0.1, 0.15) is 26.3 Å². The highest BCUT2D eigenvalue weighted by atomic mass is 16.3. The first-order valence-electron chi connectivity index (χ1n) is 5.42. The van der Waals surface area contributed by atoms with Gasteiger partial charge in [-0.25, -0.2) is 0 Å². The van der Waals surface area contributed by atoms with Gasteiger partial charge in [-0.3, -0.25) is 0 Å². The van der Waals surface area contributed by atoms with Crippen LogP contribution in [0.4, 0.5) is 5.69 Å². The molecule has 0 aliphatic carbocycles. The zero-order valence-corrected chi connectivity index (χ0v) is 9.99. The fourth-order valence-electron chi connectivity index (χ4n) is 1.18. The molecule has 0 fully saturated rings. The third-order valence-corrected chi connectivity index (χ3v) is 2.89. The molecule has 0 saturated heterocycles. The van der Waals surface area contributed by atoms with Gasteiger partial charge in [-0.2, -0.15) is 5.26 Å². The third-order valence-electron chi connectivity index (χ3n) is 2.89. The van der Waals surface area contributed by atoms with Crippen LogP contribution >= 0.6 is 0 Å². The van der Waals surface area contributed by atoms with E-state index in [0.29, 0.717) is 12.1 Å². The summed E-state index contributed by atoms with van der Waals surface area (Å²) < 4.78 is 0. The lowest BCUT2D eigenvalue weighted by Gasteiger charge is -2.28. The average Bonchev–Trinajstić information content (AvgIpc) is 2.26. The first-order chi connectivity index (χ1) is 7.45. The van der Waals surface area contributed by atoms with Crippen molar-refractivity contribution in [2.75, 3.05) is 11.9 Å². The molecule has 0 aromatic heterocycles. The number of anilines is 1. The van der Waals surface area contributed by atoms with Crippen molar-refractivity contribution in [1.29, 1.82) is 5.26 Å². The van der Waals surface area contributed by atoms with Crippen LogP contribution in [0.3, 0.4) is 0 Å². The van der Waals surface area contributed by atoms with Gasteiger partial charge in [0.1, 0.15) is 0 Å². The summed E-state index contributed by atoms with van der Waals surface area (Å²) >= 11 is 0. The standard InChI is InChI=1S/C13H18N2O/c1-10(2)13(3,16)9-15-12-6-4-5-11(7-12)8-14/h4-7,10,15-16H,9H2,1-3H3. The predicted molar refractivity (Wildman–Crippen MR) is 65.1 cm³/mol. The van der Waals surface area contributed by atoms with Gasteiger partial charge in [0.25, 0.3) is 0 Å². The van der Waals surface area contributed by atoms with Gasteiger partial charge in [-0.05, 0) is 31.0 Å². The fourth-order valence-corrected chi connectivity index (χ4v) is 1.18. The highest BCUT2D eigenvalue weighted by Gasteiger charge is 2.24. The number of nitriles is 1. The van der Waals surface area contributed by atoms with Crippen molar-refractivity contribution in [3.05, 3.63) is 29.8 Å². The molecule has 3 nitrogen and oxygen atoms in total. The maximum Gasteiger partial charge on any atom is 0.0992 e. The molecule has 0 amide bonds. The Bertz CT molecular complexity index is 391. The van der Waals surface area contributed by atoms with Gasteiger partial charge in [0, 0.05) is 12.2 Å². The highest BCUT2D eigenvalue weighted by Crippen LogP contribution is 2.17. The molecule has 0 aliphatic rings. The molecule has 0 spiro atoms. The molecule has 86 valence electrons. The molecule has 0 radical (unpaired) electrons. The third kappa shape index (κ3) is 3.25. The van der Waals surface area contributed by atoms with Crippen LogP contribution in [0.15, 0.2) is 24.3 Å². The molecule has 1 aromatic rings. The van der Waals surface area contributed by atoms with Crippen molar-refractivity contribution in [2.24, 2.45) is 5.92 Å². The molecular weight excluding hydrogens is 200 g/mol. The number of benzene rings is 1. The van der Waals surface area contributed by atoms with Crippen LogP contribution in [0.5, 0.6) is 0 Å². The van der Waals surface area contributed by atoms with E-state index in [1.54, 1.807) is 19.1 Å². The molecule has 1 rings (SSSR count). The Morgan fingerprint density at radius 3 is 2.75 bits per heavy atom. The Morgan fingerprint density at radius 2 is 2.19 bits per heavy atom. The van der Waals surface area contributed by atoms with Crippen molar-refractivity contribution in [1.82, 2.24) is 0 Å². The number of nitrogens with zero attached hydrogens (tertiary/aromatic N) is 1. The second-order valence-corrected chi connectivity index (χ2v) is 4.56. The first-order valence-corrected chi connectivity index (χ1v) is 5.42. The molecule has 1 aromatic carbocycles. The Balaban J connectivity index is 2.65. The van der Waals surface area contributed by atoms with E-state index in [0.717, 1.165) is 5.69 Å². The minimum atomic E-state index is -0.747. The lowest BCUT2D eigenvalue weighted by molar-refractivity contribution is 0.0266. The summed E-state index contributed by atoms with van der Waals surface area (Å²) in [6.45, 7) is 6.24. The second kappa shape index (κ2) is 5.00. The van der Waals surface area contributed by atoms with Gasteiger partial charge in [0.05, 0.1) is 17.2 Å². The molecule has 0 bridgehead atoms. The van der Waals surface area contributed by atoms with Crippen LogP contribution in [0.2, 0.25) is 0 Å². The van der Waals surface area contributed by atoms with E-state index in [-0.39, 0.29) is 5.92 Å². The summed E-state index contributed by atoms with van der Waals surface area (Å²) in [5.74, 6) is 0.180. The number of hydrogen-bond donors (Lipinski definition) is 2. The Hall–Kier alpha value is -1.53. The Morgan fingerprint density at radius 1 is 1.50 bits per heavy atom. The molecule has 2 N–H and O–H groups in total. The van der Waals surface area contributed by atoms with Crippen LogP contribution in [0.25, 0.3) is 0 Å². The molecule has 0 aliphatic heterocycles. The highest BCUT2D eigenvalue weighted by molar-refractivity contribution is 5.49. The van der Waals surface area contributed by atoms with Gasteiger partial charge in [-0.15, -0.1) is 0 Å². The van der Waals surface area contributed by atoms with Gasteiger partial charge < -0.3 is 10.4 Å². The van der Waals surface area contributed by atoms with Crippen molar-refractivity contribution >= 4 is 5.69 Å². The normalized spacial score (nSPS) is 14.2. The van der Waals surface area contributed by atoms with Gasteiger partial charge in [-0.1, -0.05) is 19.9 Å². The first kappa shape index (κ1) is 12.5. The lowest BCUT2D eigenvalue weighted by atomic mass is 9.92. The molecule has 16 heavy (non-hydrogen) atoms. The summed E-state index contributed by atoms with van der Waals surface area (Å²) in [6, 6.07) is 9.33. The van der Waals surface area contributed by atoms with E-state index in [9.17, 15) is 5.11 Å². The minimum Gasteiger partial charge on any atom is -0.388 e. The lowest BCUT2D eigenvalue weighted by Crippen LogP contribution is -2.38. The Kier molecular flexibility index (Phi) is 3.92. The zero-order chi connectivity index (χ0) is 12.2. The van der Waals surface area contributed by atoms with E-state index < -0.39 is 5.60 Å². The van der Waals surface area contributed by atoms with Crippen molar-refractivity contribution in [2.45, 2.75) is 26.4 Å². The van der Waals surface area contributed by atoms with Crippen LogP contribution < -0.4 is 5.32 Å². The number of rotatable bonds is 4. The molecule has 0 saturated carbocycles. The van der Waals surface area contributed by atoms with Gasteiger partial charge in [0.2, 0.25) is 0 Å². The summed E-state index contributed by atoms with van der Waals surface area (Å²) in [5, 5.41) is 21.9. The van der Waals surface area contributed by atoms with Gasteiger partial charge >= 0.3 is 0 Å². The fraction of sp³-hybridized carbons (Fsp3) is 0.462. The number of nitrogens with one attached hydrogen (secondary N) is 1. The van der Waals surface area contributed by atoms with Crippen LogP contribution in [-0.2, 0) is 0 Å². The van der Waals surface area contributed by atoms with E-state index in [4.69, 9.17) is 5.26 Å². The summed E-state index contributed by atoms with van der Waals surface area (Å²) in [6.07, 6.45) is 0. The van der Waals surface area contributed by atoms with Crippen molar-refractivity contribution < 1.29 is 5.11 Å². The molecular formula is C13H18N2O. The zero-order valence-electron chi connectivity index (χ0n) is 9.99. The molecule has 1 unspecified atom stereocenters. The van der Waals surface area contributed by atoms with E-state index in [2.05, 4.69) is 11.4 Å². The summed E-state index contributed by atoms with van der Waals surface area (Å²) in [5.41, 5.74) is 0.733. The minimum absolute atomic E-state index is 0.180. The maximum absolute atomic E-state index is 10.1.